The zero-order valence-electron chi connectivity index (χ0n) is 15.2. The summed E-state index contributed by atoms with van der Waals surface area (Å²) in [5.41, 5.74) is -0.0208. The van der Waals surface area contributed by atoms with Crippen LogP contribution in [0, 0.1) is 15.9 Å². The average Bonchev–Trinajstić information content (AvgIpc) is 3.51. The molecule has 2 aromatic rings. The number of non-ortho nitro benzene ring substituents is 1. The first-order valence-electron chi connectivity index (χ1n) is 9.04. The highest BCUT2D eigenvalue weighted by Gasteiger charge is 2.40. The first-order valence-corrected chi connectivity index (χ1v) is 9.04. The Labute approximate surface area is 164 Å². The predicted molar refractivity (Wildman–Crippen MR) is 98.4 cm³/mol. The van der Waals surface area contributed by atoms with Gasteiger partial charge in [-0.05, 0) is 25.0 Å². The topological polar surface area (TPSA) is 101 Å². The van der Waals surface area contributed by atoms with Gasteiger partial charge in [-0.3, -0.25) is 29.4 Å². The third-order valence-electron chi connectivity index (χ3n) is 5.06. The molecule has 4 rings (SSSR count). The van der Waals surface area contributed by atoms with Crippen molar-refractivity contribution >= 4 is 23.4 Å². The lowest BCUT2D eigenvalue weighted by atomic mass is 10.1. The van der Waals surface area contributed by atoms with E-state index in [4.69, 9.17) is 0 Å². The summed E-state index contributed by atoms with van der Waals surface area (Å²) in [5, 5.41) is 10.9. The normalized spacial score (nSPS) is 15.4. The first kappa shape index (κ1) is 18.7. The van der Waals surface area contributed by atoms with Crippen LogP contribution < -0.4 is 0 Å². The van der Waals surface area contributed by atoms with E-state index in [0.29, 0.717) is 5.56 Å². The molecule has 3 amide bonds. The maximum absolute atomic E-state index is 14.0. The lowest BCUT2D eigenvalue weighted by Crippen LogP contribution is -2.43. The average molecular weight is 397 g/mol. The number of imide groups is 1. The maximum atomic E-state index is 14.0. The molecule has 0 bridgehead atoms. The number of nitro benzene ring substituents is 1. The summed E-state index contributed by atoms with van der Waals surface area (Å²) in [7, 11) is 0. The summed E-state index contributed by atoms with van der Waals surface area (Å²) in [6, 6.07) is 9.46. The molecular weight excluding hydrogens is 381 g/mol. The molecule has 0 N–H and O–H groups in total. The smallest absolute Gasteiger partial charge is 0.270 e. The van der Waals surface area contributed by atoms with Gasteiger partial charge in [-0.15, -0.1) is 0 Å². The first-order chi connectivity index (χ1) is 13.9. The molecule has 2 aliphatic rings. The third-order valence-corrected chi connectivity index (χ3v) is 5.06. The van der Waals surface area contributed by atoms with Crippen molar-refractivity contribution in [3.63, 3.8) is 0 Å². The molecule has 0 atom stereocenters. The Hall–Kier alpha value is -3.62. The van der Waals surface area contributed by atoms with Gasteiger partial charge in [0.05, 0.1) is 16.1 Å². The third kappa shape index (κ3) is 3.46. The molecule has 0 spiro atoms. The van der Waals surface area contributed by atoms with E-state index in [0.717, 1.165) is 29.9 Å². The number of rotatable bonds is 6. The molecule has 0 radical (unpaired) electrons. The van der Waals surface area contributed by atoms with Gasteiger partial charge in [0.15, 0.2) is 0 Å². The second-order valence-corrected chi connectivity index (χ2v) is 7.03. The van der Waals surface area contributed by atoms with E-state index < -0.39 is 35.0 Å². The Kier molecular flexibility index (Phi) is 4.57. The molecule has 1 fully saturated rings. The quantitative estimate of drug-likeness (QED) is 0.424. The van der Waals surface area contributed by atoms with Crippen LogP contribution in [0.1, 0.15) is 39.1 Å². The van der Waals surface area contributed by atoms with Crippen LogP contribution in [0.4, 0.5) is 10.1 Å². The molecule has 0 aromatic heterocycles. The van der Waals surface area contributed by atoms with Crippen molar-refractivity contribution in [1.82, 2.24) is 9.80 Å². The Morgan fingerprint density at radius 2 is 1.83 bits per heavy atom. The molecule has 1 aliphatic heterocycles. The summed E-state index contributed by atoms with van der Waals surface area (Å²) in [4.78, 5) is 50.5. The van der Waals surface area contributed by atoms with E-state index in [1.54, 1.807) is 18.2 Å². The Balaban J connectivity index is 1.54. The number of benzene rings is 2. The molecule has 0 saturated heterocycles. The fourth-order valence-electron chi connectivity index (χ4n) is 3.38. The number of fused-ring (bicyclic) bond motifs is 1. The minimum absolute atomic E-state index is 0.0282. The van der Waals surface area contributed by atoms with Gasteiger partial charge in [0, 0.05) is 30.3 Å². The van der Waals surface area contributed by atoms with Crippen molar-refractivity contribution in [3.8, 4) is 0 Å². The number of carbonyl (C=O) groups excluding carboxylic acids is 3. The number of halogens is 1. The zero-order valence-corrected chi connectivity index (χ0v) is 15.2. The maximum Gasteiger partial charge on any atom is 0.270 e. The number of hydrogen-bond acceptors (Lipinski definition) is 5. The van der Waals surface area contributed by atoms with Crippen molar-refractivity contribution in [2.45, 2.75) is 25.4 Å². The van der Waals surface area contributed by atoms with Crippen LogP contribution in [0.2, 0.25) is 0 Å². The van der Waals surface area contributed by atoms with Crippen molar-refractivity contribution in [2.75, 3.05) is 6.54 Å². The van der Waals surface area contributed by atoms with Gasteiger partial charge in [0.1, 0.15) is 12.4 Å². The summed E-state index contributed by atoms with van der Waals surface area (Å²) in [6.07, 6.45) is 1.54. The highest BCUT2D eigenvalue weighted by Crippen LogP contribution is 2.31. The van der Waals surface area contributed by atoms with Crippen LogP contribution in [0.3, 0.4) is 0 Å². The highest BCUT2D eigenvalue weighted by atomic mass is 19.1. The van der Waals surface area contributed by atoms with Gasteiger partial charge in [0.2, 0.25) is 5.91 Å². The molecular formula is C20H16FN3O5. The van der Waals surface area contributed by atoms with E-state index in [1.165, 1.54) is 17.0 Å². The molecule has 148 valence electrons. The zero-order chi connectivity index (χ0) is 20.7. The minimum atomic E-state index is -0.747. The number of amides is 3. The predicted octanol–water partition coefficient (Wildman–Crippen LogP) is 2.52. The molecule has 9 heteroatoms. The molecule has 29 heavy (non-hydrogen) atoms. The Bertz CT molecular complexity index is 1050. The van der Waals surface area contributed by atoms with Crippen molar-refractivity contribution in [1.29, 1.82) is 0 Å². The van der Waals surface area contributed by atoms with Crippen molar-refractivity contribution in [2.24, 2.45) is 0 Å². The van der Waals surface area contributed by atoms with Crippen molar-refractivity contribution in [3.05, 3.63) is 75.1 Å². The van der Waals surface area contributed by atoms with Crippen molar-refractivity contribution < 1.29 is 23.7 Å². The van der Waals surface area contributed by atoms with Gasteiger partial charge in [-0.2, -0.15) is 0 Å². The van der Waals surface area contributed by atoms with Crippen LogP contribution in [-0.2, 0) is 11.3 Å². The monoisotopic (exact) mass is 397 g/mol. The van der Waals surface area contributed by atoms with E-state index in [1.807, 2.05) is 0 Å². The molecule has 8 nitrogen and oxygen atoms in total. The summed E-state index contributed by atoms with van der Waals surface area (Å²) >= 11 is 0. The van der Waals surface area contributed by atoms with E-state index >= 15 is 0 Å². The van der Waals surface area contributed by atoms with Gasteiger partial charge in [-0.25, -0.2) is 4.39 Å². The van der Waals surface area contributed by atoms with E-state index in [-0.39, 0.29) is 29.4 Å². The van der Waals surface area contributed by atoms with Crippen LogP contribution >= 0.6 is 0 Å². The number of hydrogen-bond donors (Lipinski definition) is 0. The Morgan fingerprint density at radius 3 is 2.48 bits per heavy atom. The van der Waals surface area contributed by atoms with Gasteiger partial charge in [-0.1, -0.05) is 18.2 Å². The second-order valence-electron chi connectivity index (χ2n) is 7.03. The van der Waals surface area contributed by atoms with Crippen LogP contribution in [-0.4, -0.2) is 45.0 Å². The summed E-state index contributed by atoms with van der Waals surface area (Å²) < 4.78 is 14.0. The van der Waals surface area contributed by atoms with Gasteiger partial charge < -0.3 is 4.90 Å². The lowest BCUT2D eigenvalue weighted by molar-refractivity contribution is -0.384. The molecule has 1 saturated carbocycles. The standard InChI is InChI=1S/C20H16FN3O5/c21-17-4-2-1-3-12(17)10-22(13-5-6-13)18(25)11-23-19(26)15-8-7-14(24(28)29)9-16(15)20(23)27/h1-4,7-9,13H,5-6,10-11H2. The fourth-order valence-corrected chi connectivity index (χ4v) is 3.38. The van der Waals surface area contributed by atoms with Gasteiger partial charge in [0.25, 0.3) is 17.5 Å². The molecule has 1 heterocycles. The molecule has 1 aliphatic carbocycles. The van der Waals surface area contributed by atoms with Crippen LogP contribution in [0.15, 0.2) is 42.5 Å². The number of nitrogens with zero attached hydrogens (tertiary/aromatic N) is 3. The second kappa shape index (κ2) is 7.08. The fraction of sp³-hybridized carbons (Fsp3) is 0.250. The molecule has 2 aromatic carbocycles. The van der Waals surface area contributed by atoms with E-state index in [9.17, 15) is 28.9 Å². The lowest BCUT2D eigenvalue weighted by Gasteiger charge is -2.25. The SMILES string of the molecule is O=C1c2ccc([N+](=O)[O-])cc2C(=O)N1CC(=O)N(Cc1ccccc1F)C1CC1. The van der Waals surface area contributed by atoms with Crippen LogP contribution in [0.5, 0.6) is 0 Å². The van der Waals surface area contributed by atoms with E-state index in [2.05, 4.69) is 0 Å². The molecule has 0 unspecified atom stereocenters. The number of carbonyl (C=O) groups is 3. The summed E-state index contributed by atoms with van der Waals surface area (Å²) in [5.74, 6) is -2.32. The van der Waals surface area contributed by atoms with Crippen LogP contribution in [0.25, 0.3) is 0 Å². The Morgan fingerprint density at radius 1 is 1.14 bits per heavy atom. The summed E-state index contributed by atoms with van der Waals surface area (Å²) in [6.45, 7) is -0.449. The minimum Gasteiger partial charge on any atom is -0.334 e. The number of nitro groups is 1. The van der Waals surface area contributed by atoms with Gasteiger partial charge >= 0.3 is 0 Å². The highest BCUT2D eigenvalue weighted by molar-refractivity contribution is 6.22. The largest absolute Gasteiger partial charge is 0.334 e.